The van der Waals surface area contributed by atoms with E-state index in [-0.39, 0.29) is 17.2 Å². The summed E-state index contributed by atoms with van der Waals surface area (Å²) >= 11 is 1.52. The number of benzene rings is 1. The summed E-state index contributed by atoms with van der Waals surface area (Å²) in [6.07, 6.45) is -0.330. The van der Waals surface area contributed by atoms with Gasteiger partial charge < -0.3 is 10.4 Å². The molecule has 2 atom stereocenters. The van der Waals surface area contributed by atoms with Crippen LogP contribution in [0.2, 0.25) is 0 Å². The zero-order chi connectivity index (χ0) is 9.97. The first-order chi connectivity index (χ1) is 6.75. The SMILES string of the molecule is OC1CNCC1Sc1cccc(F)c1. The molecule has 4 heteroatoms. The van der Waals surface area contributed by atoms with Crippen molar-refractivity contribution in [3.05, 3.63) is 30.1 Å². The van der Waals surface area contributed by atoms with Gasteiger partial charge >= 0.3 is 0 Å². The van der Waals surface area contributed by atoms with Gasteiger partial charge in [-0.15, -0.1) is 11.8 Å². The maximum absolute atomic E-state index is 12.8. The van der Waals surface area contributed by atoms with Crippen LogP contribution in [-0.4, -0.2) is 29.5 Å². The summed E-state index contributed by atoms with van der Waals surface area (Å²) in [6, 6.07) is 6.47. The van der Waals surface area contributed by atoms with Gasteiger partial charge in [-0.3, -0.25) is 0 Å². The van der Waals surface area contributed by atoms with Crippen molar-refractivity contribution < 1.29 is 9.50 Å². The Morgan fingerprint density at radius 1 is 1.43 bits per heavy atom. The van der Waals surface area contributed by atoms with Gasteiger partial charge in [0.2, 0.25) is 0 Å². The van der Waals surface area contributed by atoms with E-state index in [4.69, 9.17) is 0 Å². The minimum Gasteiger partial charge on any atom is -0.391 e. The minimum atomic E-state index is -0.330. The van der Waals surface area contributed by atoms with Crippen LogP contribution in [0.3, 0.4) is 0 Å². The van der Waals surface area contributed by atoms with Crippen molar-refractivity contribution in [2.75, 3.05) is 13.1 Å². The lowest BCUT2D eigenvalue weighted by Crippen LogP contribution is -2.19. The molecule has 0 radical (unpaired) electrons. The largest absolute Gasteiger partial charge is 0.391 e. The first kappa shape index (κ1) is 9.96. The second-order valence-corrected chi connectivity index (χ2v) is 4.65. The number of β-amino-alcohol motifs (C(OH)–C–C–N with tert-alkyl or cyclic N) is 1. The van der Waals surface area contributed by atoms with Gasteiger partial charge in [0, 0.05) is 23.2 Å². The van der Waals surface area contributed by atoms with E-state index in [1.807, 2.05) is 6.07 Å². The fourth-order valence-electron chi connectivity index (χ4n) is 1.48. The maximum atomic E-state index is 12.8. The van der Waals surface area contributed by atoms with Gasteiger partial charge in [0.25, 0.3) is 0 Å². The van der Waals surface area contributed by atoms with Crippen LogP contribution in [0, 0.1) is 5.82 Å². The molecule has 0 amide bonds. The zero-order valence-corrected chi connectivity index (χ0v) is 8.43. The second kappa shape index (κ2) is 4.29. The van der Waals surface area contributed by atoms with Gasteiger partial charge in [0.1, 0.15) is 5.82 Å². The Bertz CT molecular complexity index is 321. The minimum absolute atomic E-state index is 0.136. The molecular weight excluding hydrogens is 201 g/mol. The fourth-order valence-corrected chi connectivity index (χ4v) is 2.62. The molecule has 0 bridgehead atoms. The van der Waals surface area contributed by atoms with E-state index in [9.17, 15) is 9.50 Å². The van der Waals surface area contributed by atoms with Gasteiger partial charge in [-0.25, -0.2) is 4.39 Å². The van der Waals surface area contributed by atoms with Crippen molar-refractivity contribution in [2.45, 2.75) is 16.2 Å². The predicted molar refractivity (Wildman–Crippen MR) is 54.9 cm³/mol. The molecule has 1 aromatic carbocycles. The molecule has 0 spiro atoms. The monoisotopic (exact) mass is 213 g/mol. The number of halogens is 1. The quantitative estimate of drug-likeness (QED) is 0.775. The Labute approximate surface area is 86.5 Å². The van der Waals surface area contributed by atoms with Gasteiger partial charge in [-0.2, -0.15) is 0 Å². The number of thioether (sulfide) groups is 1. The summed E-state index contributed by atoms with van der Waals surface area (Å²) in [4.78, 5) is 0.873. The van der Waals surface area contributed by atoms with Gasteiger partial charge in [-0.1, -0.05) is 6.07 Å². The number of aliphatic hydroxyl groups excluding tert-OH is 1. The highest BCUT2D eigenvalue weighted by Crippen LogP contribution is 2.27. The normalized spacial score (nSPS) is 26.7. The molecule has 2 N–H and O–H groups in total. The van der Waals surface area contributed by atoms with Crippen molar-refractivity contribution in [3.8, 4) is 0 Å². The van der Waals surface area contributed by atoms with E-state index in [0.717, 1.165) is 11.4 Å². The molecule has 1 saturated heterocycles. The summed E-state index contributed by atoms with van der Waals surface area (Å²) in [7, 11) is 0. The van der Waals surface area contributed by atoms with Crippen LogP contribution in [-0.2, 0) is 0 Å². The molecule has 1 heterocycles. The van der Waals surface area contributed by atoms with E-state index in [1.54, 1.807) is 6.07 Å². The molecule has 1 fully saturated rings. The van der Waals surface area contributed by atoms with Crippen molar-refractivity contribution in [1.82, 2.24) is 5.32 Å². The van der Waals surface area contributed by atoms with E-state index in [2.05, 4.69) is 5.32 Å². The smallest absolute Gasteiger partial charge is 0.124 e. The lowest BCUT2D eigenvalue weighted by atomic mass is 10.3. The molecule has 76 valence electrons. The summed E-state index contributed by atoms with van der Waals surface area (Å²) in [5.74, 6) is -0.226. The van der Waals surface area contributed by atoms with Crippen LogP contribution in [0.15, 0.2) is 29.2 Å². The number of hydrogen-bond acceptors (Lipinski definition) is 3. The molecule has 1 aliphatic rings. The number of rotatable bonds is 2. The summed E-state index contributed by atoms with van der Waals surface area (Å²) < 4.78 is 12.8. The zero-order valence-electron chi connectivity index (χ0n) is 7.61. The third-order valence-corrected chi connectivity index (χ3v) is 3.52. The summed E-state index contributed by atoms with van der Waals surface area (Å²) in [5, 5.41) is 12.8. The fraction of sp³-hybridized carbons (Fsp3) is 0.400. The Morgan fingerprint density at radius 3 is 2.93 bits per heavy atom. The second-order valence-electron chi connectivity index (χ2n) is 3.34. The Hall–Kier alpha value is -0.580. The lowest BCUT2D eigenvalue weighted by molar-refractivity contribution is 0.201. The molecule has 1 aromatic rings. The highest BCUT2D eigenvalue weighted by Gasteiger charge is 2.25. The Balaban J connectivity index is 2.03. The highest BCUT2D eigenvalue weighted by atomic mass is 32.2. The van der Waals surface area contributed by atoms with Crippen LogP contribution >= 0.6 is 11.8 Å². The topological polar surface area (TPSA) is 32.3 Å². The Kier molecular flexibility index (Phi) is 3.05. The summed E-state index contributed by atoms with van der Waals surface area (Å²) in [5.41, 5.74) is 0. The van der Waals surface area contributed by atoms with Crippen LogP contribution < -0.4 is 5.32 Å². The number of nitrogens with one attached hydrogen (secondary N) is 1. The third-order valence-electron chi connectivity index (χ3n) is 2.21. The molecule has 0 aliphatic carbocycles. The number of hydrogen-bond donors (Lipinski definition) is 2. The third kappa shape index (κ3) is 2.26. The van der Waals surface area contributed by atoms with Crippen LogP contribution in [0.1, 0.15) is 0 Å². The molecule has 2 rings (SSSR count). The molecule has 2 nitrogen and oxygen atoms in total. The summed E-state index contributed by atoms with van der Waals surface area (Å²) in [6.45, 7) is 1.41. The molecule has 14 heavy (non-hydrogen) atoms. The van der Waals surface area contributed by atoms with E-state index in [1.165, 1.54) is 23.9 Å². The first-order valence-electron chi connectivity index (χ1n) is 4.57. The highest BCUT2D eigenvalue weighted by molar-refractivity contribution is 8.00. The van der Waals surface area contributed by atoms with Crippen LogP contribution in [0.25, 0.3) is 0 Å². The predicted octanol–water partition coefficient (Wildman–Crippen LogP) is 1.25. The van der Waals surface area contributed by atoms with E-state index >= 15 is 0 Å². The van der Waals surface area contributed by atoms with E-state index < -0.39 is 0 Å². The van der Waals surface area contributed by atoms with Crippen molar-refractivity contribution in [3.63, 3.8) is 0 Å². The molecule has 0 aromatic heterocycles. The van der Waals surface area contributed by atoms with Crippen molar-refractivity contribution in [2.24, 2.45) is 0 Å². The molecule has 1 aliphatic heterocycles. The average molecular weight is 213 g/mol. The van der Waals surface area contributed by atoms with Gasteiger partial charge in [-0.05, 0) is 18.2 Å². The first-order valence-corrected chi connectivity index (χ1v) is 5.44. The molecule has 2 unspecified atom stereocenters. The van der Waals surface area contributed by atoms with Crippen molar-refractivity contribution in [1.29, 1.82) is 0 Å². The average Bonchev–Trinajstić information content (AvgIpc) is 2.52. The van der Waals surface area contributed by atoms with Gasteiger partial charge in [0.05, 0.1) is 6.10 Å². The molecule has 0 saturated carbocycles. The van der Waals surface area contributed by atoms with Crippen molar-refractivity contribution >= 4 is 11.8 Å². The number of aliphatic hydroxyl groups is 1. The standard InChI is InChI=1S/C10H12FNOS/c11-7-2-1-3-8(4-7)14-10-6-12-5-9(10)13/h1-4,9-10,12-13H,5-6H2. The van der Waals surface area contributed by atoms with E-state index in [0.29, 0.717) is 6.54 Å². The Morgan fingerprint density at radius 2 is 2.29 bits per heavy atom. The molecular formula is C10H12FNOS. The maximum Gasteiger partial charge on any atom is 0.124 e. The van der Waals surface area contributed by atoms with Crippen LogP contribution in [0.5, 0.6) is 0 Å². The van der Waals surface area contributed by atoms with Crippen LogP contribution in [0.4, 0.5) is 4.39 Å². The van der Waals surface area contributed by atoms with Gasteiger partial charge in [0.15, 0.2) is 0 Å². The lowest BCUT2D eigenvalue weighted by Gasteiger charge is -2.12.